The predicted molar refractivity (Wildman–Crippen MR) is 109 cm³/mol. The zero-order valence-corrected chi connectivity index (χ0v) is 17.0. The monoisotopic (exact) mass is 481 g/mol. The third-order valence-electron chi connectivity index (χ3n) is 4.44. The number of halogens is 6. The van der Waals surface area contributed by atoms with Crippen molar-refractivity contribution in [2.45, 2.75) is 12.4 Å². The van der Waals surface area contributed by atoms with E-state index in [1.165, 1.54) is 0 Å². The third-order valence-corrected chi connectivity index (χ3v) is 4.44. The molecule has 0 atom stereocenters. The van der Waals surface area contributed by atoms with Gasteiger partial charge in [-0.25, -0.2) is 10.4 Å². The number of ether oxygens (including phenoxy) is 1. The minimum absolute atomic E-state index is 0.00681. The zero-order chi connectivity index (χ0) is 25.1. The molecule has 0 fully saturated rings. The molecule has 3 rings (SSSR count). The van der Waals surface area contributed by atoms with Crippen LogP contribution in [-0.2, 0) is 12.4 Å². The van der Waals surface area contributed by atoms with Crippen LogP contribution in [0, 0.1) is 11.3 Å². The van der Waals surface area contributed by atoms with Crippen molar-refractivity contribution in [3.8, 4) is 23.1 Å². The van der Waals surface area contributed by atoms with Crippen molar-refractivity contribution in [1.29, 1.82) is 5.26 Å². The second-order valence-corrected chi connectivity index (χ2v) is 6.62. The molecule has 0 aliphatic heterocycles. The maximum absolute atomic E-state index is 13.5. The minimum atomic E-state index is -5.16. The summed E-state index contributed by atoms with van der Waals surface area (Å²) in [7, 11) is 0.909. The summed E-state index contributed by atoms with van der Waals surface area (Å²) >= 11 is 0. The molecule has 0 saturated carbocycles. The number of hydrazone groups is 1. The molecular weight excluding hydrogens is 468 g/mol. The van der Waals surface area contributed by atoms with Gasteiger partial charge in [-0.3, -0.25) is 9.78 Å². The number of hydrogen-bond acceptors (Lipinski definition) is 6. The van der Waals surface area contributed by atoms with Crippen LogP contribution < -0.4 is 15.7 Å². The van der Waals surface area contributed by atoms with Crippen molar-refractivity contribution in [2.75, 3.05) is 12.5 Å². The number of H-pyrrole nitrogens is 1. The summed E-state index contributed by atoms with van der Waals surface area (Å²) in [6.07, 6.45) is -9.61. The molecule has 13 heteroatoms. The summed E-state index contributed by atoms with van der Waals surface area (Å²) in [5.74, 6) is -1.04. The Balaban J connectivity index is 2.04. The van der Waals surface area contributed by atoms with E-state index >= 15 is 0 Å². The van der Waals surface area contributed by atoms with Gasteiger partial charge >= 0.3 is 12.4 Å². The van der Waals surface area contributed by atoms with Gasteiger partial charge < -0.3 is 4.74 Å². The summed E-state index contributed by atoms with van der Waals surface area (Å²) in [5.41, 5.74) is -2.47. The number of anilines is 1. The molecule has 0 saturated heterocycles. The lowest BCUT2D eigenvalue weighted by Gasteiger charge is -2.17. The summed E-state index contributed by atoms with van der Waals surface area (Å²) in [4.78, 5) is 18.5. The van der Waals surface area contributed by atoms with E-state index in [0.717, 1.165) is 7.11 Å². The van der Waals surface area contributed by atoms with Gasteiger partial charge in [0.1, 0.15) is 17.4 Å². The Hall–Kier alpha value is -4.34. The first-order valence-electron chi connectivity index (χ1n) is 9.21. The Morgan fingerprint density at radius 3 is 2.35 bits per heavy atom. The Labute approximate surface area is 187 Å². The third kappa shape index (κ3) is 5.17. The molecule has 0 radical (unpaired) electrons. The molecule has 0 aliphatic rings. The molecule has 7 nitrogen and oxygen atoms in total. The van der Waals surface area contributed by atoms with Crippen LogP contribution in [0.5, 0.6) is 5.75 Å². The number of methoxy groups -OCH3 is 1. The second kappa shape index (κ2) is 9.26. The summed E-state index contributed by atoms with van der Waals surface area (Å²) < 4.78 is 84.2. The first kappa shape index (κ1) is 24.3. The number of alkyl halides is 6. The largest absolute Gasteiger partial charge is 0.496 e. The van der Waals surface area contributed by atoms with Crippen LogP contribution in [-0.4, -0.2) is 23.3 Å². The van der Waals surface area contributed by atoms with Gasteiger partial charge in [0.25, 0.3) is 5.56 Å². The van der Waals surface area contributed by atoms with E-state index in [-0.39, 0.29) is 23.3 Å². The van der Waals surface area contributed by atoms with E-state index < -0.39 is 40.4 Å². The van der Waals surface area contributed by atoms with Gasteiger partial charge in [-0.1, -0.05) is 30.3 Å². The van der Waals surface area contributed by atoms with Crippen molar-refractivity contribution < 1.29 is 31.1 Å². The second-order valence-electron chi connectivity index (χ2n) is 6.62. The lowest BCUT2D eigenvalue weighted by atomic mass is 10.0. The number of aromatic nitrogens is 2. The highest BCUT2D eigenvalue weighted by Crippen LogP contribution is 2.40. The highest BCUT2D eigenvalue weighted by Gasteiger charge is 2.39. The molecule has 0 aliphatic carbocycles. The fourth-order valence-corrected chi connectivity index (χ4v) is 2.92. The number of nitrogens with one attached hydrogen (secondary N) is 2. The molecule has 1 aromatic heterocycles. The van der Waals surface area contributed by atoms with Crippen molar-refractivity contribution >= 4 is 12.2 Å². The summed E-state index contributed by atoms with van der Waals surface area (Å²) in [6, 6.07) is 10.2. The van der Waals surface area contributed by atoms with E-state index in [0.29, 0.717) is 17.8 Å². The van der Waals surface area contributed by atoms with Crippen molar-refractivity contribution in [1.82, 2.24) is 9.97 Å². The standard InChI is InChI=1S/C21H13F6N5O2/c1-34-16-8-12(20(22,23)24)7-15(21(25,26)27)14(16)10-29-32-19-30-17(11-5-3-2-4-6-11)13(9-28)18(33)31-19/h2-8,10H,1H3,(H2,30,31,32,33). The van der Waals surface area contributed by atoms with E-state index in [1.807, 2.05) is 0 Å². The van der Waals surface area contributed by atoms with Crippen LogP contribution in [0.1, 0.15) is 22.3 Å². The Kier molecular flexibility index (Phi) is 6.62. The number of rotatable bonds is 5. The number of benzene rings is 2. The van der Waals surface area contributed by atoms with Gasteiger partial charge in [0.05, 0.1) is 30.1 Å². The molecule has 0 amide bonds. The lowest BCUT2D eigenvalue weighted by Crippen LogP contribution is -2.16. The first-order valence-corrected chi connectivity index (χ1v) is 9.21. The average molecular weight is 481 g/mol. The lowest BCUT2D eigenvalue weighted by molar-refractivity contribution is -0.143. The average Bonchev–Trinajstić information content (AvgIpc) is 2.77. The number of aromatic amines is 1. The van der Waals surface area contributed by atoms with E-state index in [1.54, 1.807) is 36.4 Å². The van der Waals surface area contributed by atoms with Crippen LogP contribution in [0.15, 0.2) is 52.4 Å². The molecule has 2 aromatic carbocycles. The van der Waals surface area contributed by atoms with E-state index in [2.05, 4.69) is 20.5 Å². The predicted octanol–water partition coefficient (Wildman–Crippen LogP) is 4.80. The quantitative estimate of drug-likeness (QED) is 0.310. The molecule has 176 valence electrons. The normalized spacial score (nSPS) is 11.9. The molecule has 1 heterocycles. The number of hydrogen-bond donors (Lipinski definition) is 2. The van der Waals surface area contributed by atoms with E-state index in [9.17, 15) is 36.4 Å². The zero-order valence-electron chi connectivity index (χ0n) is 17.0. The van der Waals surface area contributed by atoms with Gasteiger partial charge in [-0.15, -0.1) is 0 Å². The molecule has 34 heavy (non-hydrogen) atoms. The van der Waals surface area contributed by atoms with E-state index in [4.69, 9.17) is 4.74 Å². The molecule has 0 bridgehead atoms. The highest BCUT2D eigenvalue weighted by molar-refractivity contribution is 5.86. The van der Waals surface area contributed by atoms with Crippen molar-refractivity contribution in [3.63, 3.8) is 0 Å². The van der Waals surface area contributed by atoms with Crippen molar-refractivity contribution in [2.24, 2.45) is 5.10 Å². The van der Waals surface area contributed by atoms with Gasteiger partial charge in [0, 0.05) is 11.1 Å². The van der Waals surface area contributed by atoms with Crippen molar-refractivity contribution in [3.05, 3.63) is 75.1 Å². The molecule has 0 spiro atoms. The Bertz CT molecular complexity index is 1320. The van der Waals surface area contributed by atoms with Gasteiger partial charge in [0.15, 0.2) is 0 Å². The van der Waals surface area contributed by atoms with Gasteiger partial charge in [-0.05, 0) is 12.1 Å². The van der Waals surface area contributed by atoms with Crippen LogP contribution >= 0.6 is 0 Å². The van der Waals surface area contributed by atoms with Crippen LogP contribution in [0.25, 0.3) is 11.3 Å². The first-order chi connectivity index (χ1) is 16.0. The summed E-state index contributed by atoms with van der Waals surface area (Å²) in [5, 5.41) is 12.8. The number of nitrogens with zero attached hydrogens (tertiary/aromatic N) is 3. The van der Waals surface area contributed by atoms with Crippen LogP contribution in [0.4, 0.5) is 32.3 Å². The van der Waals surface area contributed by atoms with Gasteiger partial charge in [-0.2, -0.15) is 36.7 Å². The maximum atomic E-state index is 13.5. The smallest absolute Gasteiger partial charge is 0.417 e. The number of nitriles is 1. The summed E-state index contributed by atoms with van der Waals surface area (Å²) in [6.45, 7) is 0. The fourth-order valence-electron chi connectivity index (χ4n) is 2.92. The molecule has 0 unspecified atom stereocenters. The van der Waals surface area contributed by atoms with Crippen LogP contribution in [0.3, 0.4) is 0 Å². The topological polar surface area (TPSA) is 103 Å². The molecule has 2 N–H and O–H groups in total. The fraction of sp³-hybridized carbons (Fsp3) is 0.143. The van der Waals surface area contributed by atoms with Gasteiger partial charge in [0.2, 0.25) is 5.95 Å². The van der Waals surface area contributed by atoms with Crippen LogP contribution in [0.2, 0.25) is 0 Å². The Morgan fingerprint density at radius 2 is 1.79 bits per heavy atom. The minimum Gasteiger partial charge on any atom is -0.496 e. The molecular formula is C21H13F6N5O2. The SMILES string of the molecule is COc1cc(C(F)(F)F)cc(C(F)(F)F)c1C=NNc1nc(-c2ccccc2)c(C#N)c(=O)[nH]1. The molecule has 3 aromatic rings. The maximum Gasteiger partial charge on any atom is 0.417 e. The Morgan fingerprint density at radius 1 is 1.12 bits per heavy atom. The highest BCUT2D eigenvalue weighted by atomic mass is 19.4.